The number of methoxy groups -OCH3 is 1. The van der Waals surface area contributed by atoms with Gasteiger partial charge in [-0.05, 0) is 48.4 Å². The first-order valence-corrected chi connectivity index (χ1v) is 10.5. The second-order valence-electron chi connectivity index (χ2n) is 7.16. The first kappa shape index (κ1) is 19.0. The molecule has 1 atom stereocenters. The molecule has 3 heterocycles. The molecule has 0 radical (unpaired) electrons. The van der Waals surface area contributed by atoms with Crippen molar-refractivity contribution in [2.24, 2.45) is 5.92 Å². The fraction of sp³-hybridized carbons (Fsp3) is 0.333. The molecule has 2 amide bonds. The van der Waals surface area contributed by atoms with Gasteiger partial charge in [-0.1, -0.05) is 24.6 Å². The molecule has 4 rings (SSSR count). The number of imide groups is 1. The van der Waals surface area contributed by atoms with E-state index in [1.807, 2.05) is 17.5 Å². The summed E-state index contributed by atoms with van der Waals surface area (Å²) >= 11 is 7.62. The summed E-state index contributed by atoms with van der Waals surface area (Å²) in [5, 5.41) is 2.35. The number of amides is 2. The van der Waals surface area contributed by atoms with Crippen LogP contribution in [0.3, 0.4) is 0 Å². The van der Waals surface area contributed by atoms with E-state index in [1.54, 1.807) is 18.2 Å². The minimum atomic E-state index is -0.332. The minimum absolute atomic E-state index is 0.317. The van der Waals surface area contributed by atoms with Crippen LogP contribution in [-0.2, 0) is 9.59 Å². The van der Waals surface area contributed by atoms with Crippen molar-refractivity contribution in [3.8, 4) is 5.75 Å². The number of carbonyl (C=O) groups is 2. The molecule has 0 saturated carbocycles. The zero-order chi connectivity index (χ0) is 19.8. The van der Waals surface area contributed by atoms with E-state index in [1.165, 1.54) is 23.3 Å². The standard InChI is InChI=1S/C21H21ClN2O3S/c1-13-5-3-9-23(12-13)19-18(17-6-4-10-28-17)20(25)24(21(19)26)15-11-14(22)7-8-16(15)27-2/h4,6-8,10-11,13H,3,5,9,12H2,1-2H3. The Morgan fingerprint density at radius 1 is 1.21 bits per heavy atom. The molecule has 1 unspecified atom stereocenters. The second kappa shape index (κ2) is 7.60. The van der Waals surface area contributed by atoms with Crippen LogP contribution in [0.15, 0.2) is 41.4 Å². The van der Waals surface area contributed by atoms with E-state index < -0.39 is 0 Å². The lowest BCUT2D eigenvalue weighted by molar-refractivity contribution is -0.120. The third-order valence-electron chi connectivity index (χ3n) is 5.18. The van der Waals surface area contributed by atoms with Crippen LogP contribution in [0.1, 0.15) is 24.6 Å². The van der Waals surface area contributed by atoms with Crippen molar-refractivity contribution in [3.63, 3.8) is 0 Å². The number of hydrogen-bond donors (Lipinski definition) is 0. The summed E-state index contributed by atoms with van der Waals surface area (Å²) in [7, 11) is 1.51. The number of likely N-dealkylation sites (tertiary alicyclic amines) is 1. The third-order valence-corrected chi connectivity index (χ3v) is 6.30. The van der Waals surface area contributed by atoms with E-state index >= 15 is 0 Å². The quantitative estimate of drug-likeness (QED) is 0.692. The maximum Gasteiger partial charge on any atom is 0.282 e. The fourth-order valence-electron chi connectivity index (χ4n) is 3.90. The SMILES string of the molecule is COc1ccc(Cl)cc1N1C(=O)C(c2cccs2)=C(N2CCCC(C)C2)C1=O. The Morgan fingerprint density at radius 3 is 2.71 bits per heavy atom. The van der Waals surface area contributed by atoms with Gasteiger partial charge in [0.05, 0.1) is 18.4 Å². The van der Waals surface area contributed by atoms with Crippen molar-refractivity contribution < 1.29 is 14.3 Å². The van der Waals surface area contributed by atoms with Gasteiger partial charge >= 0.3 is 0 Å². The Kier molecular flexibility index (Phi) is 5.17. The van der Waals surface area contributed by atoms with Crippen molar-refractivity contribution in [3.05, 3.63) is 51.3 Å². The molecule has 2 aliphatic rings. The Labute approximate surface area is 173 Å². The first-order chi connectivity index (χ1) is 13.5. The molecule has 0 aliphatic carbocycles. The predicted octanol–water partition coefficient (Wildman–Crippen LogP) is 4.43. The number of thiophene rings is 1. The Hall–Kier alpha value is -2.31. The lowest BCUT2D eigenvalue weighted by Crippen LogP contribution is -2.39. The molecule has 7 heteroatoms. The van der Waals surface area contributed by atoms with E-state index in [0.717, 1.165) is 30.8 Å². The van der Waals surface area contributed by atoms with E-state index in [9.17, 15) is 9.59 Å². The van der Waals surface area contributed by atoms with Gasteiger partial charge in [0.1, 0.15) is 11.4 Å². The maximum absolute atomic E-state index is 13.5. The van der Waals surface area contributed by atoms with Gasteiger partial charge in [-0.3, -0.25) is 9.59 Å². The first-order valence-electron chi connectivity index (χ1n) is 9.26. The van der Waals surface area contributed by atoms with Crippen LogP contribution in [0.25, 0.3) is 5.57 Å². The summed E-state index contributed by atoms with van der Waals surface area (Å²) < 4.78 is 5.40. The largest absolute Gasteiger partial charge is 0.495 e. The second-order valence-corrected chi connectivity index (χ2v) is 8.54. The molecule has 0 N–H and O–H groups in total. The number of rotatable bonds is 4. The highest BCUT2D eigenvalue weighted by Gasteiger charge is 2.44. The number of hydrogen-bond acceptors (Lipinski definition) is 5. The minimum Gasteiger partial charge on any atom is -0.495 e. The van der Waals surface area contributed by atoms with Gasteiger partial charge in [0.25, 0.3) is 11.8 Å². The summed E-state index contributed by atoms with van der Waals surface area (Å²) in [6.45, 7) is 3.72. The highest BCUT2D eigenvalue weighted by atomic mass is 35.5. The van der Waals surface area contributed by atoms with Gasteiger partial charge in [0.2, 0.25) is 0 Å². The smallest absolute Gasteiger partial charge is 0.282 e. The number of piperidine rings is 1. The van der Waals surface area contributed by atoms with Gasteiger partial charge in [0, 0.05) is 23.0 Å². The van der Waals surface area contributed by atoms with E-state index in [2.05, 4.69) is 11.8 Å². The zero-order valence-electron chi connectivity index (χ0n) is 15.8. The van der Waals surface area contributed by atoms with E-state index in [4.69, 9.17) is 16.3 Å². The number of halogens is 1. The number of anilines is 1. The number of benzene rings is 1. The molecule has 146 valence electrons. The number of nitrogens with zero attached hydrogens (tertiary/aromatic N) is 2. The highest BCUT2D eigenvalue weighted by molar-refractivity contribution is 7.11. The molecule has 2 aliphatic heterocycles. The lowest BCUT2D eigenvalue weighted by atomic mass is 9.99. The Morgan fingerprint density at radius 2 is 2.04 bits per heavy atom. The highest BCUT2D eigenvalue weighted by Crippen LogP contribution is 2.41. The van der Waals surface area contributed by atoms with Gasteiger partial charge in [-0.2, -0.15) is 0 Å². The van der Waals surface area contributed by atoms with Crippen LogP contribution in [-0.4, -0.2) is 36.9 Å². The number of carbonyl (C=O) groups excluding carboxylic acids is 2. The van der Waals surface area contributed by atoms with Crippen LogP contribution in [0.5, 0.6) is 5.75 Å². The molecule has 5 nitrogen and oxygen atoms in total. The number of ether oxygens (including phenoxy) is 1. The maximum atomic E-state index is 13.5. The Bertz CT molecular complexity index is 955. The van der Waals surface area contributed by atoms with Gasteiger partial charge < -0.3 is 9.64 Å². The summed E-state index contributed by atoms with van der Waals surface area (Å²) in [5.74, 6) is 0.262. The topological polar surface area (TPSA) is 49.9 Å². The lowest BCUT2D eigenvalue weighted by Gasteiger charge is -2.33. The van der Waals surface area contributed by atoms with Crippen LogP contribution in [0.4, 0.5) is 5.69 Å². The van der Waals surface area contributed by atoms with Crippen molar-refractivity contribution in [1.29, 1.82) is 0 Å². The molecular formula is C21H21ClN2O3S. The predicted molar refractivity (Wildman–Crippen MR) is 112 cm³/mol. The summed E-state index contributed by atoms with van der Waals surface area (Å²) in [6.07, 6.45) is 2.14. The molecule has 1 aromatic heterocycles. The fourth-order valence-corrected chi connectivity index (χ4v) is 4.83. The average Bonchev–Trinajstić information content (AvgIpc) is 3.28. The van der Waals surface area contributed by atoms with Crippen molar-refractivity contribution >= 4 is 46.0 Å². The van der Waals surface area contributed by atoms with Crippen molar-refractivity contribution in [2.75, 3.05) is 25.1 Å². The van der Waals surface area contributed by atoms with E-state index in [0.29, 0.717) is 33.6 Å². The normalized spacial score (nSPS) is 20.3. The Balaban J connectivity index is 1.84. The third kappa shape index (κ3) is 3.20. The molecule has 0 spiro atoms. The summed E-state index contributed by atoms with van der Waals surface area (Å²) in [5.41, 5.74) is 1.33. The molecule has 1 aromatic carbocycles. The molecule has 2 aromatic rings. The van der Waals surface area contributed by atoms with Gasteiger partial charge in [-0.15, -0.1) is 11.3 Å². The van der Waals surface area contributed by atoms with E-state index in [-0.39, 0.29) is 11.8 Å². The van der Waals surface area contributed by atoms with Gasteiger partial charge in [-0.25, -0.2) is 4.90 Å². The zero-order valence-corrected chi connectivity index (χ0v) is 17.3. The summed E-state index contributed by atoms with van der Waals surface area (Å²) in [6, 6.07) is 8.73. The van der Waals surface area contributed by atoms with Crippen LogP contribution >= 0.6 is 22.9 Å². The molecule has 1 saturated heterocycles. The van der Waals surface area contributed by atoms with Gasteiger partial charge in [0.15, 0.2) is 0 Å². The average molecular weight is 417 g/mol. The molecule has 28 heavy (non-hydrogen) atoms. The van der Waals surface area contributed by atoms with Crippen LogP contribution in [0, 0.1) is 5.92 Å². The van der Waals surface area contributed by atoms with Crippen molar-refractivity contribution in [2.45, 2.75) is 19.8 Å². The van der Waals surface area contributed by atoms with Crippen molar-refractivity contribution in [1.82, 2.24) is 4.90 Å². The summed E-state index contributed by atoms with van der Waals surface area (Å²) in [4.78, 5) is 31.0. The van der Waals surface area contributed by atoms with Crippen LogP contribution < -0.4 is 9.64 Å². The molecule has 0 bridgehead atoms. The monoisotopic (exact) mass is 416 g/mol. The molecular weight excluding hydrogens is 396 g/mol. The molecule has 1 fully saturated rings. The van der Waals surface area contributed by atoms with Crippen LogP contribution in [0.2, 0.25) is 5.02 Å².